The number of aliphatic hydroxyl groups is 2. The third kappa shape index (κ3) is 59.7. The predicted molar refractivity (Wildman–Crippen MR) is 320 cm³/mol. The first-order valence-electron chi connectivity index (χ1n) is 33.4. The molecule has 1 amide bonds. The van der Waals surface area contributed by atoms with Crippen molar-refractivity contribution in [2.45, 2.75) is 392 Å². The van der Waals surface area contributed by atoms with Crippen LogP contribution < -0.4 is 5.32 Å². The van der Waals surface area contributed by atoms with E-state index in [1.807, 2.05) is 0 Å². The number of carbonyl (C=O) groups excluding carboxylic acids is 2. The molecule has 0 bridgehead atoms. The number of nitrogens with one attached hydrogen (secondary N) is 1. The molecule has 0 aliphatic carbocycles. The summed E-state index contributed by atoms with van der Waals surface area (Å²) in [6, 6.07) is -0.542. The minimum atomic E-state index is -0.664. The van der Waals surface area contributed by atoms with E-state index < -0.39 is 12.1 Å². The van der Waals surface area contributed by atoms with Gasteiger partial charge in [-0.15, -0.1) is 0 Å². The Morgan fingerprint density at radius 2 is 0.644 bits per heavy atom. The van der Waals surface area contributed by atoms with Gasteiger partial charge < -0.3 is 20.3 Å². The summed E-state index contributed by atoms with van der Waals surface area (Å²) in [6.07, 6.45) is 76.8. The first kappa shape index (κ1) is 71.6. The summed E-state index contributed by atoms with van der Waals surface area (Å²) in [4.78, 5) is 24.6. The zero-order valence-electron chi connectivity index (χ0n) is 49.6. The van der Waals surface area contributed by atoms with Crippen LogP contribution in [-0.2, 0) is 14.3 Å². The topological polar surface area (TPSA) is 95.9 Å². The fourth-order valence-electron chi connectivity index (χ4n) is 10.7. The van der Waals surface area contributed by atoms with Crippen LogP contribution in [0.3, 0.4) is 0 Å². The van der Waals surface area contributed by atoms with E-state index in [4.69, 9.17) is 4.74 Å². The number of aliphatic hydroxyl groups excluding tert-OH is 2. The van der Waals surface area contributed by atoms with Crippen LogP contribution in [-0.4, -0.2) is 47.4 Å². The Morgan fingerprint density at radius 3 is 0.973 bits per heavy atom. The average Bonchev–Trinajstić information content (AvgIpc) is 3.39. The van der Waals surface area contributed by atoms with E-state index in [9.17, 15) is 19.8 Å². The highest BCUT2D eigenvalue weighted by Crippen LogP contribution is 2.19. The van der Waals surface area contributed by atoms with Crippen molar-refractivity contribution in [3.05, 3.63) is 12.2 Å². The summed E-state index contributed by atoms with van der Waals surface area (Å²) in [5.41, 5.74) is 0. The minimum absolute atomic E-state index is 0.0191. The van der Waals surface area contributed by atoms with Gasteiger partial charge in [0.1, 0.15) is 0 Å². The average molecular weight is 1030 g/mol. The molecule has 0 aromatic rings. The summed E-state index contributed by atoms with van der Waals surface area (Å²) >= 11 is 0. The number of unbranched alkanes of at least 4 members (excludes halogenated alkanes) is 50. The third-order valence-electron chi connectivity index (χ3n) is 15.8. The highest BCUT2D eigenvalue weighted by atomic mass is 16.5. The van der Waals surface area contributed by atoms with Gasteiger partial charge in [0, 0.05) is 12.8 Å². The molecule has 0 heterocycles. The van der Waals surface area contributed by atoms with Gasteiger partial charge in [0.05, 0.1) is 25.4 Å². The van der Waals surface area contributed by atoms with E-state index in [-0.39, 0.29) is 18.5 Å². The molecule has 0 aliphatic rings. The molecule has 6 heteroatoms. The molecule has 0 saturated carbocycles. The minimum Gasteiger partial charge on any atom is -0.466 e. The van der Waals surface area contributed by atoms with E-state index in [2.05, 4.69) is 31.3 Å². The van der Waals surface area contributed by atoms with Gasteiger partial charge in [0.2, 0.25) is 5.91 Å². The van der Waals surface area contributed by atoms with Crippen molar-refractivity contribution in [3.63, 3.8) is 0 Å². The molecule has 0 rings (SSSR count). The molecule has 0 radical (unpaired) electrons. The summed E-state index contributed by atoms with van der Waals surface area (Å²) < 4.78 is 5.51. The Kier molecular flexibility index (Phi) is 61.9. The Balaban J connectivity index is 3.35. The van der Waals surface area contributed by atoms with Crippen molar-refractivity contribution >= 4 is 11.9 Å². The highest BCUT2D eigenvalue weighted by Gasteiger charge is 2.20. The van der Waals surface area contributed by atoms with Crippen molar-refractivity contribution in [1.29, 1.82) is 0 Å². The Labute approximate surface area is 457 Å². The van der Waals surface area contributed by atoms with Crippen LogP contribution in [0.2, 0.25) is 0 Å². The predicted octanol–water partition coefficient (Wildman–Crippen LogP) is 21.2. The molecule has 2 unspecified atom stereocenters. The molecule has 0 saturated heterocycles. The second-order valence-corrected chi connectivity index (χ2v) is 23.2. The maximum atomic E-state index is 12.5. The van der Waals surface area contributed by atoms with E-state index >= 15 is 0 Å². The Hall–Kier alpha value is -1.40. The van der Waals surface area contributed by atoms with Crippen molar-refractivity contribution in [2.24, 2.45) is 0 Å². The number of allylic oxidation sites excluding steroid dienone is 2. The first-order chi connectivity index (χ1) is 36.0. The molecule has 6 nitrogen and oxygen atoms in total. The molecule has 0 fully saturated rings. The molecule has 0 aliphatic heterocycles. The van der Waals surface area contributed by atoms with Crippen LogP contribution in [0.5, 0.6) is 0 Å². The first-order valence-corrected chi connectivity index (χ1v) is 33.4. The monoisotopic (exact) mass is 1030 g/mol. The van der Waals surface area contributed by atoms with Crippen LogP contribution in [0.1, 0.15) is 380 Å². The maximum Gasteiger partial charge on any atom is 0.305 e. The number of ether oxygens (including phenoxy) is 1. The number of esters is 1. The molecule has 3 N–H and O–H groups in total. The number of rotatable bonds is 63. The molecular weight excluding hydrogens is 899 g/mol. The van der Waals surface area contributed by atoms with Crippen LogP contribution in [0.4, 0.5) is 0 Å². The normalized spacial score (nSPS) is 12.5. The Morgan fingerprint density at radius 1 is 0.370 bits per heavy atom. The lowest BCUT2D eigenvalue weighted by molar-refractivity contribution is -0.143. The number of carbonyl (C=O) groups is 2. The second kappa shape index (κ2) is 63.1. The fraction of sp³-hybridized carbons (Fsp3) is 0.940. The van der Waals surface area contributed by atoms with E-state index in [1.165, 1.54) is 308 Å². The molecule has 73 heavy (non-hydrogen) atoms. The summed E-state index contributed by atoms with van der Waals surface area (Å²) in [5.74, 6) is -0.0175. The summed E-state index contributed by atoms with van der Waals surface area (Å²) in [7, 11) is 0. The van der Waals surface area contributed by atoms with Gasteiger partial charge in [0.15, 0.2) is 0 Å². The molecule has 2 atom stereocenters. The number of hydrogen-bond acceptors (Lipinski definition) is 5. The summed E-state index contributed by atoms with van der Waals surface area (Å²) in [6.45, 7) is 4.98. The van der Waals surface area contributed by atoms with Crippen molar-refractivity contribution < 1.29 is 24.5 Å². The Bertz CT molecular complexity index is 1100. The lowest BCUT2D eigenvalue weighted by Gasteiger charge is -2.22. The van der Waals surface area contributed by atoms with Crippen LogP contribution in [0.15, 0.2) is 12.2 Å². The molecule has 0 spiro atoms. The van der Waals surface area contributed by atoms with Gasteiger partial charge >= 0.3 is 5.97 Å². The summed E-state index contributed by atoms with van der Waals surface area (Å²) in [5, 5.41) is 23.2. The molecule has 434 valence electrons. The standard InChI is InChI=1S/C67H131NO5/c1-3-5-7-9-11-13-15-17-18-19-27-31-34-37-41-45-49-53-57-61-67(72)73-62-58-54-50-46-42-38-35-32-29-26-24-22-20-21-23-25-28-30-33-36-40-44-48-52-56-60-66(71)68-64(63-69)65(70)59-55-51-47-43-39-16-14-12-10-8-6-4-2/h21,23,64-65,69-70H,3-20,22,24-63H2,1-2H3,(H,68,71)/b23-21-. The second-order valence-electron chi connectivity index (χ2n) is 23.2. The molecule has 0 aromatic heterocycles. The number of hydrogen-bond donors (Lipinski definition) is 3. The number of amides is 1. The van der Waals surface area contributed by atoms with Gasteiger partial charge in [-0.3, -0.25) is 9.59 Å². The van der Waals surface area contributed by atoms with Gasteiger partial charge in [-0.2, -0.15) is 0 Å². The van der Waals surface area contributed by atoms with Crippen LogP contribution >= 0.6 is 0 Å². The largest absolute Gasteiger partial charge is 0.466 e. The van der Waals surface area contributed by atoms with Crippen molar-refractivity contribution in [1.82, 2.24) is 5.32 Å². The van der Waals surface area contributed by atoms with Gasteiger partial charge in [0.25, 0.3) is 0 Å². The van der Waals surface area contributed by atoms with Crippen LogP contribution in [0.25, 0.3) is 0 Å². The lowest BCUT2D eigenvalue weighted by atomic mass is 10.0. The molecule has 0 aromatic carbocycles. The van der Waals surface area contributed by atoms with Gasteiger partial charge in [-0.1, -0.05) is 328 Å². The SMILES string of the molecule is CCCCCCCCCCCCCCCCCCCCCC(=O)OCCCCCCCCCCCCCC/C=C\CCCCCCCCCCCC(=O)NC(CO)C(O)CCCCCCCCCCCCCC. The van der Waals surface area contributed by atoms with E-state index in [0.717, 1.165) is 38.5 Å². The highest BCUT2D eigenvalue weighted by molar-refractivity contribution is 5.76. The van der Waals surface area contributed by atoms with E-state index in [1.54, 1.807) is 0 Å². The van der Waals surface area contributed by atoms with Crippen molar-refractivity contribution in [2.75, 3.05) is 13.2 Å². The zero-order valence-corrected chi connectivity index (χ0v) is 49.6. The quantitative estimate of drug-likeness (QED) is 0.0320. The molecular formula is C67H131NO5. The lowest BCUT2D eigenvalue weighted by Crippen LogP contribution is -2.45. The maximum absolute atomic E-state index is 12.5. The van der Waals surface area contributed by atoms with Crippen LogP contribution in [0, 0.1) is 0 Å². The fourth-order valence-corrected chi connectivity index (χ4v) is 10.7. The smallest absolute Gasteiger partial charge is 0.305 e. The van der Waals surface area contributed by atoms with E-state index in [0.29, 0.717) is 25.9 Å². The zero-order chi connectivity index (χ0) is 52.9. The third-order valence-corrected chi connectivity index (χ3v) is 15.8. The van der Waals surface area contributed by atoms with Crippen molar-refractivity contribution in [3.8, 4) is 0 Å². The van der Waals surface area contributed by atoms with Gasteiger partial charge in [-0.05, 0) is 51.4 Å². The van der Waals surface area contributed by atoms with Gasteiger partial charge in [-0.25, -0.2) is 0 Å².